The minimum Gasteiger partial charge on any atom is -0.312 e. The molecule has 3 N–H and O–H groups in total. The second-order valence-corrected chi connectivity index (χ2v) is 5.87. The first-order chi connectivity index (χ1) is 7.38. The molecule has 7 heteroatoms. The van der Waals surface area contributed by atoms with Gasteiger partial charge in [-0.3, -0.25) is 0 Å². The van der Waals surface area contributed by atoms with Crippen molar-refractivity contribution in [2.75, 3.05) is 12.3 Å². The average molecular weight is 311 g/mol. The standard InChI is InChI=1S/C9H12BrFN2O2S/c10-9-2-1-8(11)5-7(9)6-13-3-4-16(12,14)15/h1-2,5,13H,3-4,6H2,(H2,12,14,15). The molecule has 0 saturated carbocycles. The minimum atomic E-state index is -3.45. The van der Waals surface area contributed by atoms with Crippen molar-refractivity contribution in [3.8, 4) is 0 Å². The monoisotopic (exact) mass is 310 g/mol. The largest absolute Gasteiger partial charge is 0.312 e. The number of halogens is 2. The Morgan fingerprint density at radius 1 is 1.44 bits per heavy atom. The van der Waals surface area contributed by atoms with Crippen molar-refractivity contribution in [3.05, 3.63) is 34.1 Å². The Morgan fingerprint density at radius 2 is 2.12 bits per heavy atom. The van der Waals surface area contributed by atoms with Crippen molar-refractivity contribution in [1.29, 1.82) is 0 Å². The summed E-state index contributed by atoms with van der Waals surface area (Å²) in [6, 6.07) is 4.33. The molecule has 0 bridgehead atoms. The molecule has 0 radical (unpaired) electrons. The lowest BCUT2D eigenvalue weighted by Crippen LogP contribution is -2.26. The fraction of sp³-hybridized carbons (Fsp3) is 0.333. The van der Waals surface area contributed by atoms with E-state index in [-0.39, 0.29) is 18.1 Å². The fourth-order valence-corrected chi connectivity index (χ4v) is 1.93. The summed E-state index contributed by atoms with van der Waals surface area (Å²) in [7, 11) is -3.45. The zero-order chi connectivity index (χ0) is 12.2. The lowest BCUT2D eigenvalue weighted by molar-refractivity contribution is 0.591. The Labute approximate surface area is 102 Å². The van der Waals surface area contributed by atoms with Crippen molar-refractivity contribution < 1.29 is 12.8 Å². The van der Waals surface area contributed by atoms with Gasteiger partial charge in [-0.05, 0) is 23.8 Å². The third kappa shape index (κ3) is 5.02. The lowest BCUT2D eigenvalue weighted by Gasteiger charge is -2.06. The normalized spacial score (nSPS) is 11.7. The van der Waals surface area contributed by atoms with Crippen molar-refractivity contribution >= 4 is 26.0 Å². The second-order valence-electron chi connectivity index (χ2n) is 3.28. The number of nitrogens with two attached hydrogens (primary N) is 1. The van der Waals surface area contributed by atoms with Gasteiger partial charge < -0.3 is 5.32 Å². The minimum absolute atomic E-state index is 0.139. The number of benzene rings is 1. The average Bonchev–Trinajstić information content (AvgIpc) is 2.16. The Kier molecular flexibility index (Phi) is 4.85. The van der Waals surface area contributed by atoms with Crippen LogP contribution >= 0.6 is 15.9 Å². The van der Waals surface area contributed by atoms with Gasteiger partial charge in [0, 0.05) is 17.6 Å². The van der Waals surface area contributed by atoms with Crippen LogP contribution in [0.3, 0.4) is 0 Å². The maximum atomic E-state index is 12.9. The van der Waals surface area contributed by atoms with Crippen LogP contribution in [0.2, 0.25) is 0 Å². The van der Waals surface area contributed by atoms with E-state index in [1.807, 2.05) is 0 Å². The molecular formula is C9H12BrFN2O2S. The first kappa shape index (κ1) is 13.6. The molecule has 0 aromatic heterocycles. The molecule has 0 atom stereocenters. The third-order valence-electron chi connectivity index (χ3n) is 1.89. The Balaban J connectivity index is 2.46. The van der Waals surface area contributed by atoms with Gasteiger partial charge in [-0.1, -0.05) is 15.9 Å². The molecule has 0 aliphatic rings. The molecule has 16 heavy (non-hydrogen) atoms. The topological polar surface area (TPSA) is 72.2 Å². The van der Waals surface area contributed by atoms with E-state index in [9.17, 15) is 12.8 Å². The Morgan fingerprint density at radius 3 is 2.75 bits per heavy atom. The van der Waals surface area contributed by atoms with Crippen LogP contribution in [0.25, 0.3) is 0 Å². The molecule has 0 amide bonds. The van der Waals surface area contributed by atoms with Crippen LogP contribution < -0.4 is 10.5 Å². The maximum absolute atomic E-state index is 12.9. The molecule has 90 valence electrons. The summed E-state index contributed by atoms with van der Waals surface area (Å²) < 4.78 is 34.9. The van der Waals surface area contributed by atoms with E-state index in [0.29, 0.717) is 6.54 Å². The summed E-state index contributed by atoms with van der Waals surface area (Å²) in [5, 5.41) is 7.70. The van der Waals surface area contributed by atoms with Gasteiger partial charge in [-0.25, -0.2) is 17.9 Å². The van der Waals surface area contributed by atoms with Gasteiger partial charge >= 0.3 is 0 Å². The van der Waals surface area contributed by atoms with Crippen molar-refractivity contribution in [3.63, 3.8) is 0 Å². The summed E-state index contributed by atoms with van der Waals surface area (Å²) in [4.78, 5) is 0. The Hall–Kier alpha value is -0.500. The van der Waals surface area contributed by atoms with Crippen molar-refractivity contribution in [2.24, 2.45) is 5.14 Å². The fourth-order valence-electron chi connectivity index (χ4n) is 1.12. The molecular weight excluding hydrogens is 299 g/mol. The number of hydrogen-bond acceptors (Lipinski definition) is 3. The van der Waals surface area contributed by atoms with E-state index in [4.69, 9.17) is 5.14 Å². The summed E-state index contributed by atoms with van der Waals surface area (Å²) in [6.07, 6.45) is 0. The summed E-state index contributed by atoms with van der Waals surface area (Å²) in [5.74, 6) is -0.466. The highest BCUT2D eigenvalue weighted by molar-refractivity contribution is 9.10. The van der Waals surface area contributed by atoms with Crippen LogP contribution in [0.1, 0.15) is 5.56 Å². The van der Waals surface area contributed by atoms with Gasteiger partial charge in [-0.2, -0.15) is 0 Å². The summed E-state index contributed by atoms with van der Waals surface area (Å²) in [6.45, 7) is 0.621. The quantitative estimate of drug-likeness (QED) is 0.796. The molecule has 4 nitrogen and oxygen atoms in total. The van der Waals surface area contributed by atoms with E-state index in [2.05, 4.69) is 21.2 Å². The highest BCUT2D eigenvalue weighted by Gasteiger charge is 2.04. The van der Waals surface area contributed by atoms with Gasteiger partial charge in [0.1, 0.15) is 5.82 Å². The molecule has 0 aliphatic carbocycles. The van der Waals surface area contributed by atoms with Gasteiger partial charge in [0.05, 0.1) is 5.75 Å². The van der Waals surface area contributed by atoms with E-state index in [1.165, 1.54) is 12.1 Å². The summed E-state index contributed by atoms with van der Waals surface area (Å²) >= 11 is 3.27. The predicted molar refractivity (Wildman–Crippen MR) is 63.8 cm³/mol. The van der Waals surface area contributed by atoms with E-state index >= 15 is 0 Å². The highest BCUT2D eigenvalue weighted by Crippen LogP contribution is 2.17. The van der Waals surface area contributed by atoms with Gasteiger partial charge in [0.25, 0.3) is 0 Å². The second kappa shape index (κ2) is 5.72. The molecule has 0 heterocycles. The third-order valence-corrected chi connectivity index (χ3v) is 3.43. The van der Waals surface area contributed by atoms with Crippen LogP contribution in [0.15, 0.2) is 22.7 Å². The number of primary sulfonamides is 1. The number of hydrogen-bond donors (Lipinski definition) is 2. The molecule has 0 spiro atoms. The first-order valence-electron chi connectivity index (χ1n) is 4.53. The SMILES string of the molecule is NS(=O)(=O)CCNCc1cc(F)ccc1Br. The van der Waals surface area contributed by atoms with E-state index in [1.54, 1.807) is 6.07 Å². The molecule has 0 fully saturated rings. The molecule has 0 saturated heterocycles. The molecule has 1 aromatic carbocycles. The molecule has 0 unspecified atom stereocenters. The summed E-state index contributed by atoms with van der Waals surface area (Å²) in [5.41, 5.74) is 0.731. The lowest BCUT2D eigenvalue weighted by atomic mass is 10.2. The van der Waals surface area contributed by atoms with Crippen molar-refractivity contribution in [1.82, 2.24) is 5.32 Å². The van der Waals surface area contributed by atoms with Crippen molar-refractivity contribution in [2.45, 2.75) is 6.54 Å². The number of nitrogens with one attached hydrogen (secondary N) is 1. The molecule has 1 aromatic rings. The van der Waals surface area contributed by atoms with Crippen LogP contribution in [0.5, 0.6) is 0 Å². The zero-order valence-corrected chi connectivity index (χ0v) is 10.8. The van der Waals surface area contributed by atoms with E-state index < -0.39 is 10.0 Å². The highest BCUT2D eigenvalue weighted by atomic mass is 79.9. The van der Waals surface area contributed by atoms with Crippen LogP contribution in [0.4, 0.5) is 4.39 Å². The van der Waals surface area contributed by atoms with Crippen LogP contribution in [-0.4, -0.2) is 20.7 Å². The smallest absolute Gasteiger partial charge is 0.210 e. The number of sulfonamides is 1. The van der Waals surface area contributed by atoms with Crippen LogP contribution in [0, 0.1) is 5.82 Å². The zero-order valence-electron chi connectivity index (χ0n) is 8.41. The van der Waals surface area contributed by atoms with Crippen LogP contribution in [-0.2, 0) is 16.6 Å². The molecule has 0 aliphatic heterocycles. The maximum Gasteiger partial charge on any atom is 0.210 e. The van der Waals surface area contributed by atoms with Gasteiger partial charge in [0.15, 0.2) is 0 Å². The molecule has 1 rings (SSSR count). The van der Waals surface area contributed by atoms with E-state index in [0.717, 1.165) is 10.0 Å². The number of rotatable bonds is 5. The first-order valence-corrected chi connectivity index (χ1v) is 7.04. The predicted octanol–water partition coefficient (Wildman–Crippen LogP) is 0.966. The van der Waals surface area contributed by atoms with Gasteiger partial charge in [-0.15, -0.1) is 0 Å². The van der Waals surface area contributed by atoms with Gasteiger partial charge in [0.2, 0.25) is 10.0 Å². The Bertz CT molecular complexity index is 465.